The first-order valence-electron chi connectivity index (χ1n) is 7.29. The molecule has 0 radical (unpaired) electrons. The highest BCUT2D eigenvalue weighted by atomic mass is 16.3. The Kier molecular flexibility index (Phi) is 5.17. The number of hydrogen-bond acceptors (Lipinski definition) is 4. The monoisotopic (exact) mass is 285 g/mol. The topological polar surface area (TPSA) is 48.4 Å². The van der Waals surface area contributed by atoms with Gasteiger partial charge in [0.25, 0.3) is 0 Å². The van der Waals surface area contributed by atoms with E-state index in [0.29, 0.717) is 5.75 Å². The van der Waals surface area contributed by atoms with Crippen molar-refractivity contribution in [3.8, 4) is 5.75 Å². The fourth-order valence-electron chi connectivity index (χ4n) is 2.34. The van der Waals surface area contributed by atoms with E-state index in [-0.39, 0.29) is 6.04 Å². The molecule has 0 saturated carbocycles. The van der Waals surface area contributed by atoms with Crippen molar-refractivity contribution in [1.82, 2.24) is 10.3 Å². The third-order valence-electron chi connectivity index (χ3n) is 3.78. The number of aromatic hydroxyl groups is 1. The summed E-state index contributed by atoms with van der Waals surface area (Å²) in [6, 6.07) is 10.1. The van der Waals surface area contributed by atoms with Gasteiger partial charge < -0.3 is 15.3 Å². The van der Waals surface area contributed by atoms with E-state index >= 15 is 0 Å². The minimum absolute atomic E-state index is 0.134. The minimum atomic E-state index is 0.134. The Bertz CT molecular complexity index is 572. The molecule has 0 aliphatic carbocycles. The van der Waals surface area contributed by atoms with E-state index in [9.17, 15) is 5.11 Å². The molecule has 0 saturated heterocycles. The molecule has 1 aromatic carbocycles. The van der Waals surface area contributed by atoms with Gasteiger partial charge in [-0.3, -0.25) is 4.98 Å². The normalized spacial score (nSPS) is 12.1. The van der Waals surface area contributed by atoms with Crippen LogP contribution in [-0.2, 0) is 6.54 Å². The van der Waals surface area contributed by atoms with Crippen LogP contribution < -0.4 is 10.2 Å². The molecular weight excluding hydrogens is 262 g/mol. The predicted octanol–water partition coefficient (Wildman–Crippen LogP) is 3.09. The van der Waals surface area contributed by atoms with Crippen LogP contribution in [-0.4, -0.2) is 23.7 Å². The standard InChI is InChI=1S/C17H23N3O/c1-4-20(12-14-7-9-19-10-8-14)15-5-6-16(13(2)18-3)17(21)11-15/h5-11,13,18,21H,4,12H2,1-3H3. The number of rotatable bonds is 6. The largest absolute Gasteiger partial charge is 0.508 e. The summed E-state index contributed by atoms with van der Waals surface area (Å²) in [5.74, 6) is 0.336. The van der Waals surface area contributed by atoms with Crippen molar-refractivity contribution in [2.24, 2.45) is 0 Å². The molecule has 1 unspecified atom stereocenters. The van der Waals surface area contributed by atoms with Gasteiger partial charge in [0.2, 0.25) is 0 Å². The number of benzene rings is 1. The molecule has 1 heterocycles. The van der Waals surface area contributed by atoms with E-state index in [4.69, 9.17) is 0 Å². The first-order chi connectivity index (χ1) is 10.2. The van der Waals surface area contributed by atoms with Crippen LogP contribution in [0.4, 0.5) is 5.69 Å². The Hall–Kier alpha value is -2.07. The van der Waals surface area contributed by atoms with Gasteiger partial charge in [-0.15, -0.1) is 0 Å². The summed E-state index contributed by atoms with van der Waals surface area (Å²) in [7, 11) is 1.89. The third-order valence-corrected chi connectivity index (χ3v) is 3.78. The Balaban J connectivity index is 2.21. The van der Waals surface area contributed by atoms with Crippen LogP contribution in [0.2, 0.25) is 0 Å². The first kappa shape index (κ1) is 15.3. The first-order valence-corrected chi connectivity index (χ1v) is 7.29. The van der Waals surface area contributed by atoms with Crippen molar-refractivity contribution in [2.75, 3.05) is 18.5 Å². The molecule has 0 fully saturated rings. The van der Waals surface area contributed by atoms with E-state index < -0.39 is 0 Å². The molecule has 0 aliphatic heterocycles. The highest BCUT2D eigenvalue weighted by Gasteiger charge is 2.12. The van der Waals surface area contributed by atoms with E-state index in [1.165, 1.54) is 5.56 Å². The van der Waals surface area contributed by atoms with Gasteiger partial charge in [-0.2, -0.15) is 0 Å². The highest BCUT2D eigenvalue weighted by Crippen LogP contribution is 2.29. The number of phenols is 1. The molecule has 2 rings (SSSR count). The van der Waals surface area contributed by atoms with Crippen molar-refractivity contribution in [1.29, 1.82) is 0 Å². The summed E-state index contributed by atoms with van der Waals surface area (Å²) in [5, 5.41) is 13.4. The van der Waals surface area contributed by atoms with Gasteiger partial charge in [0.05, 0.1) is 0 Å². The zero-order chi connectivity index (χ0) is 15.2. The van der Waals surface area contributed by atoms with Crippen molar-refractivity contribution in [3.05, 3.63) is 53.9 Å². The Morgan fingerprint density at radius 2 is 1.95 bits per heavy atom. The Morgan fingerprint density at radius 1 is 1.24 bits per heavy atom. The summed E-state index contributed by atoms with van der Waals surface area (Å²) in [6.45, 7) is 5.83. The van der Waals surface area contributed by atoms with Crippen molar-refractivity contribution in [3.63, 3.8) is 0 Å². The van der Waals surface area contributed by atoms with Crippen LogP contribution in [0.3, 0.4) is 0 Å². The SMILES string of the molecule is CCN(Cc1ccncc1)c1ccc(C(C)NC)c(O)c1. The average molecular weight is 285 g/mol. The van der Waals surface area contributed by atoms with Crippen molar-refractivity contribution in [2.45, 2.75) is 26.4 Å². The molecule has 2 N–H and O–H groups in total. The average Bonchev–Trinajstić information content (AvgIpc) is 2.52. The lowest BCUT2D eigenvalue weighted by atomic mass is 10.1. The van der Waals surface area contributed by atoms with Gasteiger partial charge >= 0.3 is 0 Å². The number of phenolic OH excluding ortho intramolecular Hbond substituents is 1. The summed E-state index contributed by atoms with van der Waals surface area (Å²) >= 11 is 0. The van der Waals surface area contributed by atoms with Crippen LogP contribution in [0, 0.1) is 0 Å². The summed E-state index contributed by atoms with van der Waals surface area (Å²) in [6.07, 6.45) is 3.61. The third kappa shape index (κ3) is 3.73. The lowest BCUT2D eigenvalue weighted by Gasteiger charge is -2.24. The molecule has 2 aromatic rings. The minimum Gasteiger partial charge on any atom is -0.508 e. The molecule has 4 nitrogen and oxygen atoms in total. The van der Waals surface area contributed by atoms with Crippen LogP contribution in [0.1, 0.15) is 31.0 Å². The molecule has 1 atom stereocenters. The molecule has 21 heavy (non-hydrogen) atoms. The van der Waals surface area contributed by atoms with E-state index in [2.05, 4.69) is 28.2 Å². The molecule has 0 aliphatic rings. The fourth-order valence-corrected chi connectivity index (χ4v) is 2.34. The number of nitrogens with zero attached hydrogens (tertiary/aromatic N) is 2. The zero-order valence-electron chi connectivity index (χ0n) is 12.9. The molecule has 1 aromatic heterocycles. The quantitative estimate of drug-likeness (QED) is 0.856. The number of pyridine rings is 1. The van der Waals surface area contributed by atoms with Gasteiger partial charge in [0.1, 0.15) is 5.75 Å². The second-order valence-electron chi connectivity index (χ2n) is 5.12. The van der Waals surface area contributed by atoms with E-state index in [0.717, 1.165) is 24.3 Å². The predicted molar refractivity (Wildman–Crippen MR) is 86.5 cm³/mol. The molecule has 112 valence electrons. The van der Waals surface area contributed by atoms with Gasteiger partial charge in [-0.05, 0) is 44.7 Å². The van der Waals surface area contributed by atoms with Gasteiger partial charge in [0.15, 0.2) is 0 Å². The fraction of sp³-hybridized carbons (Fsp3) is 0.353. The number of anilines is 1. The number of nitrogens with one attached hydrogen (secondary N) is 1. The molecule has 0 bridgehead atoms. The van der Waals surface area contributed by atoms with Crippen molar-refractivity contribution >= 4 is 5.69 Å². The molecule has 0 amide bonds. The van der Waals surface area contributed by atoms with E-state index in [1.54, 1.807) is 12.4 Å². The zero-order valence-corrected chi connectivity index (χ0v) is 12.9. The molecule has 4 heteroatoms. The maximum Gasteiger partial charge on any atom is 0.122 e. The summed E-state index contributed by atoms with van der Waals surface area (Å²) in [5.41, 5.74) is 3.15. The van der Waals surface area contributed by atoms with E-state index in [1.807, 2.05) is 38.2 Å². The number of hydrogen-bond donors (Lipinski definition) is 2. The Labute approximate surface area is 126 Å². The summed E-state index contributed by atoms with van der Waals surface area (Å²) in [4.78, 5) is 6.27. The van der Waals surface area contributed by atoms with Gasteiger partial charge in [-0.25, -0.2) is 0 Å². The summed E-state index contributed by atoms with van der Waals surface area (Å²) < 4.78 is 0. The smallest absolute Gasteiger partial charge is 0.122 e. The Morgan fingerprint density at radius 3 is 2.52 bits per heavy atom. The van der Waals surface area contributed by atoms with Gasteiger partial charge in [-0.1, -0.05) is 6.07 Å². The van der Waals surface area contributed by atoms with Gasteiger partial charge in [0, 0.05) is 48.8 Å². The maximum absolute atomic E-state index is 10.2. The second-order valence-corrected chi connectivity index (χ2v) is 5.12. The van der Waals surface area contributed by atoms with Crippen LogP contribution in [0.5, 0.6) is 5.75 Å². The lowest BCUT2D eigenvalue weighted by Crippen LogP contribution is -2.22. The van der Waals surface area contributed by atoms with Crippen LogP contribution in [0.25, 0.3) is 0 Å². The van der Waals surface area contributed by atoms with Crippen LogP contribution >= 0.6 is 0 Å². The number of aromatic nitrogens is 1. The second kappa shape index (κ2) is 7.09. The molecular formula is C17H23N3O. The molecule has 0 spiro atoms. The van der Waals surface area contributed by atoms with Crippen LogP contribution in [0.15, 0.2) is 42.7 Å². The van der Waals surface area contributed by atoms with Crippen molar-refractivity contribution < 1.29 is 5.11 Å². The lowest BCUT2D eigenvalue weighted by molar-refractivity contribution is 0.458. The highest BCUT2D eigenvalue weighted by molar-refractivity contribution is 5.54. The maximum atomic E-state index is 10.2.